The molecule has 0 bridgehead atoms. The van der Waals surface area contributed by atoms with E-state index >= 15 is 0 Å². The first-order valence-electron chi connectivity index (χ1n) is 20.6. The van der Waals surface area contributed by atoms with Gasteiger partial charge in [-0.05, 0) is 120 Å². The summed E-state index contributed by atoms with van der Waals surface area (Å²) >= 11 is 0. The highest BCUT2D eigenvalue weighted by atomic mass is 16.3. The van der Waals surface area contributed by atoms with Crippen molar-refractivity contribution in [3.63, 3.8) is 0 Å². The number of anilines is 3. The molecule has 12 rings (SSSR count). The summed E-state index contributed by atoms with van der Waals surface area (Å²) in [6.45, 7) is 0. The van der Waals surface area contributed by atoms with E-state index in [1.807, 2.05) is 6.07 Å². The molecule has 12 aromatic rings. The minimum atomic E-state index is 0.917. The first-order chi connectivity index (χ1) is 29.7. The zero-order valence-electron chi connectivity index (χ0n) is 32.7. The van der Waals surface area contributed by atoms with Gasteiger partial charge in [0.1, 0.15) is 11.2 Å². The molecule has 0 spiro atoms. The molecule has 0 amide bonds. The summed E-state index contributed by atoms with van der Waals surface area (Å²) in [6.07, 6.45) is 0. The van der Waals surface area contributed by atoms with Gasteiger partial charge in [-0.1, -0.05) is 170 Å². The van der Waals surface area contributed by atoms with Gasteiger partial charge in [-0.3, -0.25) is 0 Å². The second-order valence-electron chi connectivity index (χ2n) is 15.6. The smallest absolute Gasteiger partial charge is 0.136 e. The molecule has 0 aliphatic carbocycles. The van der Waals surface area contributed by atoms with Crippen LogP contribution >= 0.6 is 0 Å². The second kappa shape index (κ2) is 13.9. The molecule has 60 heavy (non-hydrogen) atoms. The minimum absolute atomic E-state index is 0.917. The summed E-state index contributed by atoms with van der Waals surface area (Å²) in [6, 6.07) is 81.2. The molecule has 2 heteroatoms. The van der Waals surface area contributed by atoms with Crippen molar-refractivity contribution in [3.8, 4) is 33.4 Å². The second-order valence-corrected chi connectivity index (χ2v) is 15.6. The van der Waals surface area contributed by atoms with Gasteiger partial charge in [-0.15, -0.1) is 0 Å². The quantitative estimate of drug-likeness (QED) is 0.157. The first kappa shape index (κ1) is 34.1. The molecule has 11 aromatic carbocycles. The molecule has 1 aromatic heterocycles. The van der Waals surface area contributed by atoms with Gasteiger partial charge in [0.2, 0.25) is 0 Å². The Labute approximate surface area is 347 Å². The van der Waals surface area contributed by atoms with Gasteiger partial charge in [0.15, 0.2) is 0 Å². The molecule has 1 heterocycles. The van der Waals surface area contributed by atoms with Gasteiger partial charge in [0.25, 0.3) is 0 Å². The van der Waals surface area contributed by atoms with Crippen LogP contribution in [0.2, 0.25) is 0 Å². The van der Waals surface area contributed by atoms with Crippen molar-refractivity contribution in [1.29, 1.82) is 0 Å². The van der Waals surface area contributed by atoms with Crippen molar-refractivity contribution < 1.29 is 4.42 Å². The van der Waals surface area contributed by atoms with E-state index in [1.54, 1.807) is 0 Å². The van der Waals surface area contributed by atoms with Gasteiger partial charge < -0.3 is 9.32 Å². The van der Waals surface area contributed by atoms with Crippen molar-refractivity contribution in [1.82, 2.24) is 0 Å². The van der Waals surface area contributed by atoms with E-state index in [0.717, 1.165) is 33.6 Å². The molecule has 0 N–H and O–H groups in total. The van der Waals surface area contributed by atoms with Gasteiger partial charge in [-0.2, -0.15) is 0 Å². The Morgan fingerprint density at radius 3 is 1.47 bits per heavy atom. The molecule has 0 fully saturated rings. The number of rotatable bonds is 6. The average molecular weight is 764 g/mol. The van der Waals surface area contributed by atoms with Gasteiger partial charge in [0.05, 0.1) is 5.69 Å². The van der Waals surface area contributed by atoms with E-state index in [0.29, 0.717) is 0 Å². The van der Waals surface area contributed by atoms with E-state index < -0.39 is 0 Å². The van der Waals surface area contributed by atoms with Gasteiger partial charge in [0, 0.05) is 32.9 Å². The Morgan fingerprint density at radius 1 is 0.267 bits per heavy atom. The average Bonchev–Trinajstić information content (AvgIpc) is 3.71. The third-order valence-corrected chi connectivity index (χ3v) is 12.3. The highest BCUT2D eigenvalue weighted by Gasteiger charge is 2.18. The normalized spacial score (nSPS) is 11.7. The van der Waals surface area contributed by atoms with E-state index in [2.05, 4.69) is 223 Å². The lowest BCUT2D eigenvalue weighted by Crippen LogP contribution is -2.10. The maximum absolute atomic E-state index is 6.37. The maximum Gasteiger partial charge on any atom is 0.136 e. The zero-order valence-corrected chi connectivity index (χ0v) is 32.7. The highest BCUT2D eigenvalue weighted by molar-refractivity contribution is 6.34. The largest absolute Gasteiger partial charge is 0.456 e. The lowest BCUT2D eigenvalue weighted by atomic mass is 9.90. The van der Waals surface area contributed by atoms with Crippen molar-refractivity contribution in [2.45, 2.75) is 0 Å². The van der Waals surface area contributed by atoms with E-state index in [9.17, 15) is 0 Å². The number of hydrogen-bond donors (Lipinski definition) is 0. The fourth-order valence-electron chi connectivity index (χ4n) is 9.36. The summed E-state index contributed by atoms with van der Waals surface area (Å²) in [5, 5.41) is 12.2. The standard InChI is InChI=1S/C58H37NO/c1-2-11-38(12-3-1)39-21-23-40(24-22-39)41-25-30-45(31-26-41)59(54-19-10-14-43-13-4-5-15-47(43)54)46-32-27-42(28-33-46)44-29-34-49-48-16-6-7-17-50(48)57-51(53(49)37-44)35-36-56-58(57)52-18-8-9-20-55(52)60-56/h1-37H. The monoisotopic (exact) mass is 763 g/mol. The molecule has 0 aliphatic heterocycles. The topological polar surface area (TPSA) is 16.4 Å². The van der Waals surface area contributed by atoms with Crippen LogP contribution in [0.4, 0.5) is 17.1 Å². The Hall–Kier alpha value is -7.94. The van der Waals surface area contributed by atoms with Crippen molar-refractivity contribution >= 4 is 82.1 Å². The van der Waals surface area contributed by atoms with E-state index in [-0.39, 0.29) is 0 Å². The van der Waals surface area contributed by atoms with Crippen LogP contribution in [0, 0.1) is 0 Å². The molecule has 2 nitrogen and oxygen atoms in total. The molecule has 0 radical (unpaired) electrons. The summed E-state index contributed by atoms with van der Waals surface area (Å²) in [4.78, 5) is 2.38. The van der Waals surface area contributed by atoms with Crippen LogP contribution in [-0.2, 0) is 0 Å². The van der Waals surface area contributed by atoms with Crippen molar-refractivity contribution in [3.05, 3.63) is 224 Å². The maximum atomic E-state index is 6.37. The SMILES string of the molecule is c1ccc(-c2ccc(-c3ccc(N(c4ccc(-c5ccc6c7ccccc7c7c(ccc8oc9ccccc9c87)c6c5)cc4)c4cccc5ccccc45)cc3)cc2)cc1. The molecule has 0 atom stereocenters. The third kappa shape index (κ3) is 5.57. The Morgan fingerprint density at radius 2 is 0.750 bits per heavy atom. The van der Waals surface area contributed by atoms with E-state index in [4.69, 9.17) is 4.42 Å². The lowest BCUT2D eigenvalue weighted by Gasteiger charge is -2.27. The number of nitrogens with zero attached hydrogens (tertiary/aromatic N) is 1. The van der Waals surface area contributed by atoms with Crippen LogP contribution in [0.3, 0.4) is 0 Å². The lowest BCUT2D eigenvalue weighted by molar-refractivity contribution is 0.669. The Balaban J connectivity index is 0.958. The minimum Gasteiger partial charge on any atom is -0.456 e. The summed E-state index contributed by atoms with van der Waals surface area (Å²) in [7, 11) is 0. The van der Waals surface area contributed by atoms with Crippen LogP contribution in [0.25, 0.3) is 98.4 Å². The number of hydrogen-bond acceptors (Lipinski definition) is 2. The fourth-order valence-corrected chi connectivity index (χ4v) is 9.36. The van der Waals surface area contributed by atoms with Crippen molar-refractivity contribution in [2.75, 3.05) is 4.90 Å². The van der Waals surface area contributed by atoms with Crippen LogP contribution in [0.5, 0.6) is 0 Å². The highest BCUT2D eigenvalue weighted by Crippen LogP contribution is 2.44. The summed E-state index contributed by atoms with van der Waals surface area (Å²) in [5.41, 5.74) is 12.4. The molecule has 0 saturated heterocycles. The predicted molar refractivity (Wildman–Crippen MR) is 255 cm³/mol. The number of para-hydroxylation sites is 1. The molecule has 280 valence electrons. The molecular formula is C58H37NO. The third-order valence-electron chi connectivity index (χ3n) is 12.3. The zero-order chi connectivity index (χ0) is 39.6. The Kier molecular flexibility index (Phi) is 7.89. The van der Waals surface area contributed by atoms with Crippen LogP contribution in [0.1, 0.15) is 0 Å². The predicted octanol–water partition coefficient (Wildman–Crippen LogP) is 16.7. The molecule has 0 saturated carbocycles. The van der Waals surface area contributed by atoms with Crippen LogP contribution in [0.15, 0.2) is 229 Å². The molecule has 0 unspecified atom stereocenters. The summed E-state index contributed by atoms with van der Waals surface area (Å²) in [5.74, 6) is 0. The van der Waals surface area contributed by atoms with Crippen LogP contribution in [-0.4, -0.2) is 0 Å². The molecule has 0 aliphatic rings. The van der Waals surface area contributed by atoms with Crippen molar-refractivity contribution in [2.24, 2.45) is 0 Å². The van der Waals surface area contributed by atoms with Gasteiger partial charge >= 0.3 is 0 Å². The number of furan rings is 1. The molecular weight excluding hydrogens is 727 g/mol. The van der Waals surface area contributed by atoms with Crippen LogP contribution < -0.4 is 4.90 Å². The number of fused-ring (bicyclic) bond motifs is 11. The fraction of sp³-hybridized carbons (Fsp3) is 0. The van der Waals surface area contributed by atoms with Gasteiger partial charge in [-0.25, -0.2) is 0 Å². The Bertz CT molecular complexity index is 3560. The van der Waals surface area contributed by atoms with E-state index in [1.165, 1.54) is 81.9 Å². The number of benzene rings is 11. The summed E-state index contributed by atoms with van der Waals surface area (Å²) < 4.78 is 6.37. The first-order valence-corrected chi connectivity index (χ1v) is 20.6.